The van der Waals surface area contributed by atoms with Gasteiger partial charge in [-0.25, -0.2) is 0 Å². The summed E-state index contributed by atoms with van der Waals surface area (Å²) in [5, 5.41) is 0. The Morgan fingerprint density at radius 2 is 2.18 bits per heavy atom. The summed E-state index contributed by atoms with van der Waals surface area (Å²) in [7, 11) is -1.48. The molecular formula is C11H18N2O3S. The highest BCUT2D eigenvalue weighted by Gasteiger charge is 2.21. The van der Waals surface area contributed by atoms with Gasteiger partial charge in [-0.2, -0.15) is 8.42 Å². The molecule has 6 heteroatoms. The first-order valence-corrected chi connectivity index (χ1v) is 7.25. The van der Waals surface area contributed by atoms with Gasteiger partial charge in [-0.1, -0.05) is 6.07 Å². The molecule has 1 N–H and O–H groups in total. The Bertz CT molecular complexity index is 425. The van der Waals surface area contributed by atoms with Crippen LogP contribution >= 0.6 is 0 Å². The number of likely N-dealkylation sites (tertiary alicyclic amines) is 1. The topological polar surface area (TPSA) is 70.5 Å². The van der Waals surface area contributed by atoms with E-state index in [1.165, 1.54) is 24.9 Å². The molecule has 1 unspecified atom stereocenters. The first-order chi connectivity index (χ1) is 7.88. The molecule has 0 spiro atoms. The van der Waals surface area contributed by atoms with Crippen LogP contribution < -0.4 is 0 Å². The van der Waals surface area contributed by atoms with Gasteiger partial charge >= 0.3 is 0 Å². The Morgan fingerprint density at radius 3 is 2.59 bits per heavy atom. The third kappa shape index (κ3) is 5.76. The summed E-state index contributed by atoms with van der Waals surface area (Å²) >= 11 is 0. The van der Waals surface area contributed by atoms with E-state index in [-0.39, 0.29) is 0 Å². The van der Waals surface area contributed by atoms with Gasteiger partial charge in [0.25, 0.3) is 10.1 Å². The second-order valence-electron chi connectivity index (χ2n) is 4.16. The van der Waals surface area contributed by atoms with E-state index in [4.69, 9.17) is 4.55 Å². The van der Waals surface area contributed by atoms with Gasteiger partial charge in [-0.15, -0.1) is 0 Å². The highest BCUT2D eigenvalue weighted by molar-refractivity contribution is 7.85. The lowest BCUT2D eigenvalue weighted by molar-refractivity contribution is 0.317. The van der Waals surface area contributed by atoms with Crippen molar-refractivity contribution in [1.82, 2.24) is 9.88 Å². The Balaban J connectivity index is 0.000000249. The van der Waals surface area contributed by atoms with Crippen molar-refractivity contribution >= 4 is 10.1 Å². The van der Waals surface area contributed by atoms with E-state index >= 15 is 0 Å². The third-order valence-electron chi connectivity index (χ3n) is 2.59. The monoisotopic (exact) mass is 258 g/mol. The first kappa shape index (κ1) is 14.1. The number of hydrogen-bond acceptors (Lipinski definition) is 4. The molecule has 1 atom stereocenters. The molecule has 1 aromatic heterocycles. The van der Waals surface area contributed by atoms with Crippen molar-refractivity contribution in [2.45, 2.75) is 18.9 Å². The van der Waals surface area contributed by atoms with Crippen LogP contribution in [0.25, 0.3) is 0 Å². The van der Waals surface area contributed by atoms with Gasteiger partial charge in [0.05, 0.1) is 6.26 Å². The predicted octanol–water partition coefficient (Wildman–Crippen LogP) is 1.35. The molecule has 0 aromatic carbocycles. The van der Waals surface area contributed by atoms with Crippen molar-refractivity contribution in [3.8, 4) is 0 Å². The molecule has 5 nitrogen and oxygen atoms in total. The van der Waals surface area contributed by atoms with E-state index in [0.29, 0.717) is 12.3 Å². The molecule has 2 rings (SSSR count). The maximum absolute atomic E-state index is 9.19. The SMILES string of the molecule is CN1CCCC1c1cccnc1.CS(=O)(=O)O. The van der Waals surface area contributed by atoms with Crippen LogP contribution in [0.3, 0.4) is 0 Å². The molecule has 2 heterocycles. The van der Waals surface area contributed by atoms with Crippen molar-refractivity contribution in [2.75, 3.05) is 19.8 Å². The Hall–Kier alpha value is -0.980. The average molecular weight is 258 g/mol. The van der Waals surface area contributed by atoms with Gasteiger partial charge in [0.15, 0.2) is 0 Å². The number of hydrogen-bond donors (Lipinski definition) is 1. The highest BCUT2D eigenvalue weighted by Crippen LogP contribution is 2.29. The average Bonchev–Trinajstić information content (AvgIpc) is 2.63. The summed E-state index contributed by atoms with van der Waals surface area (Å²) in [5.74, 6) is 0. The van der Waals surface area contributed by atoms with Crippen molar-refractivity contribution in [2.24, 2.45) is 0 Å². The molecule has 1 aromatic rings. The van der Waals surface area contributed by atoms with Crippen molar-refractivity contribution in [3.63, 3.8) is 0 Å². The predicted molar refractivity (Wildman–Crippen MR) is 66.3 cm³/mol. The van der Waals surface area contributed by atoms with Gasteiger partial charge in [-0.05, 0) is 38.1 Å². The van der Waals surface area contributed by atoms with Crippen LogP contribution in [0.2, 0.25) is 0 Å². The van der Waals surface area contributed by atoms with E-state index in [1.807, 2.05) is 18.5 Å². The minimum Gasteiger partial charge on any atom is -0.299 e. The van der Waals surface area contributed by atoms with E-state index in [2.05, 4.69) is 23.0 Å². The molecule has 0 radical (unpaired) electrons. The maximum atomic E-state index is 9.19. The van der Waals surface area contributed by atoms with Crippen LogP contribution in [0.4, 0.5) is 0 Å². The number of pyridine rings is 1. The van der Waals surface area contributed by atoms with Crippen LogP contribution in [0.1, 0.15) is 24.4 Å². The van der Waals surface area contributed by atoms with Crippen LogP contribution in [0.5, 0.6) is 0 Å². The van der Waals surface area contributed by atoms with Crippen LogP contribution in [0, 0.1) is 0 Å². The Kier molecular flexibility index (Phi) is 5.04. The van der Waals surface area contributed by atoms with E-state index in [9.17, 15) is 8.42 Å². The van der Waals surface area contributed by atoms with Gasteiger partial charge in [0.1, 0.15) is 0 Å². The normalized spacial score (nSPS) is 20.8. The second kappa shape index (κ2) is 6.09. The molecule has 0 aliphatic carbocycles. The molecular weight excluding hydrogens is 240 g/mol. The van der Waals surface area contributed by atoms with E-state index < -0.39 is 10.1 Å². The molecule has 96 valence electrons. The summed E-state index contributed by atoms with van der Waals surface area (Å²) in [6, 6.07) is 4.79. The molecule has 1 aliphatic heterocycles. The Labute approximate surface area is 102 Å². The van der Waals surface area contributed by atoms with E-state index in [1.54, 1.807) is 0 Å². The zero-order chi connectivity index (χ0) is 12.9. The highest BCUT2D eigenvalue weighted by atomic mass is 32.2. The summed E-state index contributed by atoms with van der Waals surface area (Å²) in [6.07, 6.45) is 7.12. The lowest BCUT2D eigenvalue weighted by atomic mass is 10.1. The van der Waals surface area contributed by atoms with Gasteiger partial charge in [0, 0.05) is 18.4 Å². The molecule has 17 heavy (non-hydrogen) atoms. The fraction of sp³-hybridized carbons (Fsp3) is 0.545. The van der Waals surface area contributed by atoms with Gasteiger partial charge < -0.3 is 0 Å². The van der Waals surface area contributed by atoms with Crippen LogP contribution in [0.15, 0.2) is 24.5 Å². The second-order valence-corrected chi connectivity index (χ2v) is 5.62. The van der Waals surface area contributed by atoms with Crippen molar-refractivity contribution < 1.29 is 13.0 Å². The minimum atomic E-state index is -3.67. The third-order valence-corrected chi connectivity index (χ3v) is 2.59. The van der Waals surface area contributed by atoms with Gasteiger partial charge in [0.2, 0.25) is 0 Å². The quantitative estimate of drug-likeness (QED) is 0.770. The zero-order valence-electron chi connectivity index (χ0n) is 10.1. The molecule has 1 saturated heterocycles. The smallest absolute Gasteiger partial charge is 0.261 e. The molecule has 0 bridgehead atoms. The van der Waals surface area contributed by atoms with Crippen molar-refractivity contribution in [1.29, 1.82) is 0 Å². The summed E-state index contributed by atoms with van der Waals surface area (Å²) in [5.41, 5.74) is 1.36. The largest absolute Gasteiger partial charge is 0.299 e. The van der Waals surface area contributed by atoms with Crippen LogP contribution in [-0.2, 0) is 10.1 Å². The number of rotatable bonds is 1. The molecule has 0 saturated carbocycles. The molecule has 0 amide bonds. The summed E-state index contributed by atoms with van der Waals surface area (Å²) in [6.45, 7) is 1.22. The van der Waals surface area contributed by atoms with E-state index in [0.717, 1.165) is 0 Å². The van der Waals surface area contributed by atoms with Gasteiger partial charge in [-0.3, -0.25) is 14.4 Å². The standard InChI is InChI=1S/C10H14N2.CH4O3S/c1-12-7-3-5-10(12)9-4-2-6-11-8-9;1-5(2,3)4/h2,4,6,8,10H,3,5,7H2,1H3;1H3,(H,2,3,4). The lowest BCUT2D eigenvalue weighted by Gasteiger charge is -2.18. The zero-order valence-corrected chi connectivity index (χ0v) is 10.9. The summed E-state index contributed by atoms with van der Waals surface area (Å²) < 4.78 is 25.9. The summed E-state index contributed by atoms with van der Waals surface area (Å²) in [4.78, 5) is 6.54. The molecule has 1 fully saturated rings. The van der Waals surface area contributed by atoms with Crippen molar-refractivity contribution in [3.05, 3.63) is 30.1 Å². The fourth-order valence-electron chi connectivity index (χ4n) is 1.90. The number of nitrogens with zero attached hydrogens (tertiary/aromatic N) is 2. The first-order valence-electron chi connectivity index (χ1n) is 5.40. The molecule has 1 aliphatic rings. The Morgan fingerprint density at radius 1 is 1.53 bits per heavy atom. The number of aromatic nitrogens is 1. The van der Waals surface area contributed by atoms with Crippen LogP contribution in [-0.4, -0.2) is 42.7 Å². The lowest BCUT2D eigenvalue weighted by Crippen LogP contribution is -2.17. The fourth-order valence-corrected chi connectivity index (χ4v) is 1.90. The maximum Gasteiger partial charge on any atom is 0.261 e. The minimum absolute atomic E-state index is 0.610.